The van der Waals surface area contributed by atoms with Crippen LogP contribution in [-0.4, -0.2) is 28.9 Å². The summed E-state index contributed by atoms with van der Waals surface area (Å²) < 4.78 is 10.3. The van der Waals surface area contributed by atoms with Crippen LogP contribution >= 0.6 is 0 Å². The molecule has 1 aromatic carbocycles. The smallest absolute Gasteiger partial charge is 0.254 e. The zero-order valence-corrected chi connectivity index (χ0v) is 14.1. The van der Waals surface area contributed by atoms with Gasteiger partial charge in [-0.25, -0.2) is 0 Å². The van der Waals surface area contributed by atoms with Crippen LogP contribution in [0.4, 0.5) is 0 Å². The largest absolute Gasteiger partial charge is 0.497 e. The molecule has 26 heavy (non-hydrogen) atoms. The van der Waals surface area contributed by atoms with Crippen molar-refractivity contribution >= 4 is 11.7 Å². The highest BCUT2D eigenvalue weighted by Crippen LogP contribution is 2.20. The van der Waals surface area contributed by atoms with Crippen LogP contribution in [0.1, 0.15) is 37.7 Å². The number of nitrogens with zero attached hydrogens (tertiary/aromatic N) is 2. The van der Waals surface area contributed by atoms with Crippen LogP contribution in [0.3, 0.4) is 0 Å². The number of ketones is 1. The van der Waals surface area contributed by atoms with Crippen molar-refractivity contribution in [3.05, 3.63) is 76.9 Å². The number of primary amides is 1. The van der Waals surface area contributed by atoms with Gasteiger partial charge in [-0.15, -0.1) is 0 Å². The highest BCUT2D eigenvalue weighted by Gasteiger charge is 2.23. The summed E-state index contributed by atoms with van der Waals surface area (Å²) in [4.78, 5) is 28.3. The number of pyridine rings is 1. The van der Waals surface area contributed by atoms with Crippen molar-refractivity contribution in [1.29, 1.82) is 0 Å². The number of benzene rings is 1. The van der Waals surface area contributed by atoms with Gasteiger partial charge in [0, 0.05) is 24.4 Å². The molecule has 132 valence electrons. The second-order valence-corrected chi connectivity index (χ2v) is 5.65. The minimum absolute atomic E-state index is 0.103. The third-order valence-corrected chi connectivity index (χ3v) is 3.93. The molecule has 7 heteroatoms. The van der Waals surface area contributed by atoms with Gasteiger partial charge in [0.25, 0.3) is 5.91 Å². The Kier molecular flexibility index (Phi) is 5.07. The van der Waals surface area contributed by atoms with E-state index in [2.05, 4.69) is 10.1 Å². The minimum Gasteiger partial charge on any atom is -0.497 e. The van der Waals surface area contributed by atoms with Gasteiger partial charge in [0.1, 0.15) is 17.0 Å². The topological polar surface area (TPSA) is 108 Å². The van der Waals surface area contributed by atoms with E-state index in [1.54, 1.807) is 43.8 Å². The van der Waals surface area contributed by atoms with E-state index in [9.17, 15) is 9.59 Å². The van der Waals surface area contributed by atoms with Crippen molar-refractivity contribution in [2.24, 2.45) is 5.73 Å². The predicted molar refractivity (Wildman–Crippen MR) is 93.1 cm³/mol. The number of carbonyl (C=O) groups excluding carboxylic acids is 2. The summed E-state index contributed by atoms with van der Waals surface area (Å²) in [6, 6.07) is 10.3. The average molecular weight is 351 g/mol. The quantitative estimate of drug-likeness (QED) is 0.654. The summed E-state index contributed by atoms with van der Waals surface area (Å²) in [5.74, 6) is -0.0596. The molecule has 0 saturated carbocycles. The lowest BCUT2D eigenvalue weighted by atomic mass is 10.0. The summed E-state index contributed by atoms with van der Waals surface area (Å²) in [6.07, 6.45) is 3.55. The van der Waals surface area contributed by atoms with Crippen molar-refractivity contribution in [2.45, 2.75) is 12.8 Å². The zero-order chi connectivity index (χ0) is 18.5. The molecule has 0 radical (unpaired) electrons. The van der Waals surface area contributed by atoms with E-state index in [1.165, 1.54) is 0 Å². The number of hydrogen-bond donors (Lipinski definition) is 1. The number of Topliss-reactive ketones (excluding diaryl/α,β-unsaturated/α-hetero) is 1. The fraction of sp³-hybridized carbons (Fsp3) is 0.158. The first-order valence-corrected chi connectivity index (χ1v) is 7.92. The lowest BCUT2D eigenvalue weighted by molar-refractivity contribution is 0.0982. The number of carbonyl (C=O) groups is 2. The first-order chi connectivity index (χ1) is 12.6. The second-order valence-electron chi connectivity index (χ2n) is 5.65. The molecule has 0 unspecified atom stereocenters. The summed E-state index contributed by atoms with van der Waals surface area (Å²) in [6.45, 7) is 0. The summed E-state index contributed by atoms with van der Waals surface area (Å²) >= 11 is 0. The van der Waals surface area contributed by atoms with E-state index in [1.807, 2.05) is 12.1 Å². The number of ether oxygens (including phenoxy) is 1. The van der Waals surface area contributed by atoms with Crippen molar-refractivity contribution in [3.63, 3.8) is 0 Å². The molecule has 3 rings (SSSR count). The molecule has 0 bridgehead atoms. The first-order valence-electron chi connectivity index (χ1n) is 7.92. The van der Waals surface area contributed by atoms with Crippen LogP contribution in [0.5, 0.6) is 5.75 Å². The van der Waals surface area contributed by atoms with Crippen LogP contribution in [0.2, 0.25) is 0 Å². The molecule has 2 aromatic heterocycles. The Labute approximate surface area is 149 Å². The molecule has 2 heterocycles. The van der Waals surface area contributed by atoms with Gasteiger partial charge in [-0.1, -0.05) is 5.16 Å². The van der Waals surface area contributed by atoms with Crippen LogP contribution in [0, 0.1) is 0 Å². The Morgan fingerprint density at radius 1 is 1.12 bits per heavy atom. The minimum atomic E-state index is -0.673. The van der Waals surface area contributed by atoms with Gasteiger partial charge in [0.05, 0.1) is 13.5 Å². The van der Waals surface area contributed by atoms with Gasteiger partial charge in [-0.05, 0) is 42.0 Å². The van der Waals surface area contributed by atoms with Gasteiger partial charge < -0.3 is 15.0 Å². The van der Waals surface area contributed by atoms with Crippen LogP contribution in [0.15, 0.2) is 53.3 Å². The Morgan fingerprint density at radius 2 is 1.81 bits per heavy atom. The molecule has 2 N–H and O–H groups in total. The highest BCUT2D eigenvalue weighted by atomic mass is 16.5. The fourth-order valence-corrected chi connectivity index (χ4v) is 2.60. The van der Waals surface area contributed by atoms with E-state index in [-0.39, 0.29) is 23.5 Å². The number of amides is 1. The van der Waals surface area contributed by atoms with Crippen molar-refractivity contribution in [3.8, 4) is 5.75 Å². The molecule has 0 aliphatic carbocycles. The molecule has 7 nitrogen and oxygen atoms in total. The van der Waals surface area contributed by atoms with Gasteiger partial charge >= 0.3 is 0 Å². The monoisotopic (exact) mass is 351 g/mol. The van der Waals surface area contributed by atoms with Gasteiger partial charge in [-0.3, -0.25) is 14.6 Å². The molecule has 3 aromatic rings. The standard InChI is InChI=1S/C19H17N3O4/c1-25-14-4-2-13(3-5-14)16(23)11-17-18(19(20)24)15(22-26-17)10-12-6-8-21-9-7-12/h2-9H,10-11H2,1H3,(H2,20,24). The van der Waals surface area contributed by atoms with Crippen molar-refractivity contribution in [1.82, 2.24) is 10.1 Å². The van der Waals surface area contributed by atoms with Crippen LogP contribution < -0.4 is 10.5 Å². The second kappa shape index (κ2) is 7.60. The Balaban J connectivity index is 1.83. The molecule has 0 aliphatic rings. The number of methoxy groups -OCH3 is 1. The number of aromatic nitrogens is 2. The number of nitrogens with two attached hydrogens (primary N) is 1. The molecule has 0 fully saturated rings. The number of rotatable bonds is 7. The van der Waals surface area contributed by atoms with E-state index in [0.717, 1.165) is 5.56 Å². The predicted octanol–water partition coefficient (Wildman–Crippen LogP) is 2.19. The normalized spacial score (nSPS) is 10.5. The lowest BCUT2D eigenvalue weighted by Gasteiger charge is -2.03. The van der Waals surface area contributed by atoms with Gasteiger partial charge in [-0.2, -0.15) is 0 Å². The Hall–Kier alpha value is -3.48. The summed E-state index contributed by atoms with van der Waals surface area (Å²) in [5.41, 5.74) is 7.43. The van der Waals surface area contributed by atoms with E-state index >= 15 is 0 Å². The summed E-state index contributed by atoms with van der Waals surface area (Å²) in [5, 5.41) is 3.94. The maximum Gasteiger partial charge on any atom is 0.254 e. The van der Waals surface area contributed by atoms with Gasteiger partial charge in [0.15, 0.2) is 11.5 Å². The third-order valence-electron chi connectivity index (χ3n) is 3.93. The van der Waals surface area contributed by atoms with Crippen LogP contribution in [0.25, 0.3) is 0 Å². The van der Waals surface area contributed by atoms with E-state index in [4.69, 9.17) is 15.0 Å². The van der Waals surface area contributed by atoms with E-state index < -0.39 is 5.91 Å². The molecule has 0 aliphatic heterocycles. The Bertz CT molecular complexity index is 918. The zero-order valence-electron chi connectivity index (χ0n) is 14.1. The van der Waals surface area contributed by atoms with Crippen molar-refractivity contribution < 1.29 is 18.8 Å². The van der Waals surface area contributed by atoms with Crippen molar-refractivity contribution in [2.75, 3.05) is 7.11 Å². The fourth-order valence-electron chi connectivity index (χ4n) is 2.60. The third kappa shape index (κ3) is 3.77. The summed E-state index contributed by atoms with van der Waals surface area (Å²) in [7, 11) is 1.55. The SMILES string of the molecule is COc1ccc(C(=O)Cc2onc(Cc3ccncc3)c2C(N)=O)cc1. The van der Waals surface area contributed by atoms with Crippen LogP contribution in [-0.2, 0) is 12.8 Å². The molecular formula is C19H17N3O4. The van der Waals surface area contributed by atoms with E-state index in [0.29, 0.717) is 23.4 Å². The molecule has 1 amide bonds. The molecule has 0 saturated heterocycles. The molecular weight excluding hydrogens is 334 g/mol. The lowest BCUT2D eigenvalue weighted by Crippen LogP contribution is -2.16. The average Bonchev–Trinajstić information content (AvgIpc) is 3.05. The van der Waals surface area contributed by atoms with Gasteiger partial charge in [0.2, 0.25) is 0 Å². The maximum atomic E-state index is 12.5. The first kappa shape index (κ1) is 17.3. The molecule has 0 atom stereocenters. The molecule has 0 spiro atoms. The Morgan fingerprint density at radius 3 is 2.42 bits per heavy atom. The highest BCUT2D eigenvalue weighted by molar-refractivity contribution is 6.00. The maximum absolute atomic E-state index is 12.5. The number of hydrogen-bond acceptors (Lipinski definition) is 6.